The largest absolute Gasteiger partial charge is 0.497 e. The first-order valence-corrected chi connectivity index (χ1v) is 13.2. The van der Waals surface area contributed by atoms with Gasteiger partial charge in [0.05, 0.1) is 18.8 Å². The summed E-state index contributed by atoms with van der Waals surface area (Å²) in [5, 5.41) is 4.20. The SMILES string of the molecule is COc1ccc(-n2c(C)ccc2[C@@H]2[C@H](c3ccccn3)NC(=S)N2c2ccc(Oc3ccccc3)cc2)cc1. The van der Waals surface area contributed by atoms with E-state index in [9.17, 15) is 0 Å². The number of hydrogen-bond acceptors (Lipinski definition) is 4. The summed E-state index contributed by atoms with van der Waals surface area (Å²) < 4.78 is 13.7. The second-order valence-corrected chi connectivity index (χ2v) is 9.73. The Balaban J connectivity index is 1.42. The molecule has 1 N–H and O–H groups in total. The van der Waals surface area contributed by atoms with Gasteiger partial charge >= 0.3 is 0 Å². The Hall–Kier alpha value is -4.62. The van der Waals surface area contributed by atoms with Gasteiger partial charge in [0.25, 0.3) is 0 Å². The third kappa shape index (κ3) is 4.84. The maximum absolute atomic E-state index is 6.03. The number of para-hydroxylation sites is 1. The molecule has 6 rings (SSSR count). The summed E-state index contributed by atoms with van der Waals surface area (Å²) in [5.74, 6) is 2.38. The van der Waals surface area contributed by atoms with Crippen LogP contribution in [0.3, 0.4) is 0 Å². The first-order valence-electron chi connectivity index (χ1n) is 12.8. The minimum absolute atomic E-state index is 0.148. The van der Waals surface area contributed by atoms with E-state index in [2.05, 4.69) is 46.0 Å². The van der Waals surface area contributed by atoms with E-state index >= 15 is 0 Å². The van der Waals surface area contributed by atoms with E-state index in [1.807, 2.05) is 91.1 Å². The standard InChI is InChI=1S/C32H28N4O2S/c1-22-11-20-29(35(22)23-12-16-25(37-2)17-13-23)31-30(28-10-6-7-21-33-28)34-32(39)36(31)24-14-18-27(19-15-24)38-26-8-4-3-5-9-26/h3-21,30-31H,1-2H3,(H,34,39)/t30-,31+/m0/s1. The number of thiocarbonyl (C=S) groups is 1. The van der Waals surface area contributed by atoms with E-state index in [0.717, 1.165) is 45.7 Å². The molecule has 1 aliphatic rings. The van der Waals surface area contributed by atoms with Crippen molar-refractivity contribution >= 4 is 23.0 Å². The molecule has 0 aliphatic carbocycles. The summed E-state index contributed by atoms with van der Waals surface area (Å²) in [5.41, 5.74) is 5.18. The molecule has 39 heavy (non-hydrogen) atoms. The van der Waals surface area contributed by atoms with Gasteiger partial charge in [-0.3, -0.25) is 4.98 Å². The highest BCUT2D eigenvalue weighted by molar-refractivity contribution is 7.80. The molecule has 0 radical (unpaired) electrons. The smallest absolute Gasteiger partial charge is 0.174 e. The molecular weight excluding hydrogens is 504 g/mol. The number of ether oxygens (including phenoxy) is 2. The van der Waals surface area contributed by atoms with Crippen LogP contribution >= 0.6 is 12.2 Å². The molecule has 1 fully saturated rings. The van der Waals surface area contributed by atoms with Crippen LogP contribution in [0.2, 0.25) is 0 Å². The zero-order valence-corrected chi connectivity index (χ0v) is 22.5. The van der Waals surface area contributed by atoms with Gasteiger partial charge in [0, 0.05) is 29.0 Å². The van der Waals surface area contributed by atoms with Crippen LogP contribution in [0.25, 0.3) is 5.69 Å². The zero-order valence-electron chi connectivity index (χ0n) is 21.7. The van der Waals surface area contributed by atoms with Crippen LogP contribution in [0.15, 0.2) is 115 Å². The molecular formula is C32H28N4O2S. The molecule has 2 aromatic heterocycles. The number of hydrogen-bond donors (Lipinski definition) is 1. The van der Waals surface area contributed by atoms with Crippen LogP contribution in [0.1, 0.15) is 29.2 Å². The fourth-order valence-electron chi connectivity index (χ4n) is 5.11. The molecule has 0 amide bonds. The van der Waals surface area contributed by atoms with Crippen LogP contribution in [0.4, 0.5) is 5.69 Å². The van der Waals surface area contributed by atoms with Crippen molar-refractivity contribution < 1.29 is 9.47 Å². The lowest BCUT2D eigenvalue weighted by Gasteiger charge is -2.29. The predicted octanol–water partition coefficient (Wildman–Crippen LogP) is 7.16. The summed E-state index contributed by atoms with van der Waals surface area (Å²) in [6.45, 7) is 2.12. The van der Waals surface area contributed by atoms with E-state index in [1.165, 1.54) is 0 Å². The summed E-state index contributed by atoms with van der Waals surface area (Å²) in [7, 11) is 1.68. The lowest BCUT2D eigenvalue weighted by molar-refractivity contribution is 0.414. The predicted molar refractivity (Wildman–Crippen MR) is 158 cm³/mol. The summed E-state index contributed by atoms with van der Waals surface area (Å²) in [6.07, 6.45) is 1.82. The number of aryl methyl sites for hydroxylation is 1. The summed E-state index contributed by atoms with van der Waals surface area (Å²) >= 11 is 5.94. The van der Waals surface area contributed by atoms with Crippen molar-refractivity contribution in [2.75, 3.05) is 12.0 Å². The monoisotopic (exact) mass is 532 g/mol. The normalized spacial score (nSPS) is 16.7. The Bertz CT molecular complexity index is 1570. The van der Waals surface area contributed by atoms with E-state index < -0.39 is 0 Å². The van der Waals surface area contributed by atoms with Gasteiger partial charge in [-0.05, 0) is 104 Å². The molecule has 2 atom stereocenters. The van der Waals surface area contributed by atoms with Crippen molar-refractivity contribution in [3.8, 4) is 22.9 Å². The highest BCUT2D eigenvalue weighted by Gasteiger charge is 2.42. The quantitative estimate of drug-likeness (QED) is 0.225. The fourth-order valence-corrected chi connectivity index (χ4v) is 5.45. The highest BCUT2D eigenvalue weighted by atomic mass is 32.1. The molecule has 1 aliphatic heterocycles. The Morgan fingerprint density at radius 1 is 0.744 bits per heavy atom. The van der Waals surface area contributed by atoms with Gasteiger partial charge in [-0.1, -0.05) is 24.3 Å². The second kappa shape index (κ2) is 10.6. The van der Waals surface area contributed by atoms with E-state index in [-0.39, 0.29) is 12.1 Å². The van der Waals surface area contributed by atoms with Crippen molar-refractivity contribution in [3.05, 3.63) is 132 Å². The Morgan fingerprint density at radius 2 is 1.41 bits per heavy atom. The van der Waals surface area contributed by atoms with Gasteiger partial charge in [-0.15, -0.1) is 0 Å². The number of benzene rings is 3. The molecule has 0 saturated carbocycles. The molecule has 194 valence electrons. The second-order valence-electron chi connectivity index (χ2n) is 9.34. The van der Waals surface area contributed by atoms with Crippen LogP contribution in [-0.4, -0.2) is 21.8 Å². The molecule has 7 heteroatoms. The molecule has 3 heterocycles. The number of rotatable bonds is 7. The molecule has 1 saturated heterocycles. The molecule has 0 bridgehead atoms. The van der Waals surface area contributed by atoms with Gasteiger partial charge < -0.3 is 24.3 Å². The molecule has 3 aromatic carbocycles. The third-order valence-corrected chi connectivity index (χ3v) is 7.25. The molecule has 0 unspecified atom stereocenters. The average molecular weight is 533 g/mol. The van der Waals surface area contributed by atoms with Crippen molar-refractivity contribution in [3.63, 3.8) is 0 Å². The number of nitrogens with one attached hydrogen (secondary N) is 1. The first kappa shape index (κ1) is 24.7. The van der Waals surface area contributed by atoms with Crippen molar-refractivity contribution in [2.24, 2.45) is 0 Å². The van der Waals surface area contributed by atoms with Gasteiger partial charge in [0.2, 0.25) is 0 Å². The van der Waals surface area contributed by atoms with E-state index in [1.54, 1.807) is 7.11 Å². The maximum Gasteiger partial charge on any atom is 0.174 e. The first-order chi connectivity index (χ1) is 19.1. The Kier molecular flexibility index (Phi) is 6.73. The minimum Gasteiger partial charge on any atom is -0.497 e. The molecule has 0 spiro atoms. The van der Waals surface area contributed by atoms with E-state index in [4.69, 9.17) is 26.7 Å². The fraction of sp³-hybridized carbons (Fsp3) is 0.125. The number of nitrogens with zero attached hydrogens (tertiary/aromatic N) is 3. The molecule has 5 aromatic rings. The van der Waals surface area contributed by atoms with Gasteiger partial charge in [0.1, 0.15) is 23.3 Å². The maximum atomic E-state index is 6.03. The number of anilines is 1. The Morgan fingerprint density at radius 3 is 2.10 bits per heavy atom. The van der Waals surface area contributed by atoms with Crippen LogP contribution in [0, 0.1) is 6.92 Å². The minimum atomic E-state index is -0.149. The Labute approximate surface area is 233 Å². The van der Waals surface area contributed by atoms with Gasteiger partial charge in [-0.25, -0.2) is 0 Å². The number of methoxy groups -OCH3 is 1. The summed E-state index contributed by atoms with van der Waals surface area (Å²) in [6, 6.07) is 35.9. The van der Waals surface area contributed by atoms with Crippen molar-refractivity contribution in [1.82, 2.24) is 14.9 Å². The van der Waals surface area contributed by atoms with Crippen LogP contribution in [0.5, 0.6) is 17.2 Å². The third-order valence-electron chi connectivity index (χ3n) is 6.93. The topological polar surface area (TPSA) is 51.5 Å². The highest BCUT2D eigenvalue weighted by Crippen LogP contribution is 2.43. The van der Waals surface area contributed by atoms with Crippen LogP contribution in [-0.2, 0) is 0 Å². The summed E-state index contributed by atoms with van der Waals surface area (Å²) in [4.78, 5) is 6.87. The van der Waals surface area contributed by atoms with Crippen LogP contribution < -0.4 is 19.7 Å². The number of pyridine rings is 1. The van der Waals surface area contributed by atoms with E-state index in [0.29, 0.717) is 5.11 Å². The van der Waals surface area contributed by atoms with Gasteiger partial charge in [0.15, 0.2) is 5.11 Å². The lowest BCUT2D eigenvalue weighted by Crippen LogP contribution is -2.30. The molecule has 6 nitrogen and oxygen atoms in total. The average Bonchev–Trinajstić information content (AvgIpc) is 3.53. The van der Waals surface area contributed by atoms with Crippen molar-refractivity contribution in [1.29, 1.82) is 0 Å². The zero-order chi connectivity index (χ0) is 26.8. The lowest BCUT2D eigenvalue weighted by atomic mass is 10.0. The van der Waals surface area contributed by atoms with Crippen molar-refractivity contribution in [2.45, 2.75) is 19.0 Å². The van der Waals surface area contributed by atoms with Gasteiger partial charge in [-0.2, -0.15) is 0 Å². The number of aromatic nitrogens is 2.